The lowest BCUT2D eigenvalue weighted by Gasteiger charge is -2.30. The minimum atomic E-state index is -4.44. The fourth-order valence-corrected chi connectivity index (χ4v) is 5.10. The van der Waals surface area contributed by atoms with Crippen LogP contribution in [-0.2, 0) is 4.74 Å². The van der Waals surface area contributed by atoms with Crippen molar-refractivity contribution >= 4 is 41.4 Å². The highest BCUT2D eigenvalue weighted by Gasteiger charge is 2.47. The molecule has 1 saturated heterocycles. The smallest absolute Gasteiger partial charge is 0.408 e. The number of hydrogen-bond acceptors (Lipinski definition) is 7. The van der Waals surface area contributed by atoms with Gasteiger partial charge in [-0.3, -0.25) is 9.30 Å². The van der Waals surface area contributed by atoms with Crippen LogP contribution in [0.5, 0.6) is 5.75 Å². The SMILES string of the molecule is COC[C@@H](C)Oc1cccc2ccc(-c3nnc4ccc([C@@H](N5CCC(N(C)C)C5)C(F)(F)F)cn34)nc12.Cl.Cl. The van der Waals surface area contributed by atoms with Gasteiger partial charge in [0.05, 0.1) is 6.61 Å². The number of aromatic nitrogens is 4. The molecule has 4 heterocycles. The summed E-state index contributed by atoms with van der Waals surface area (Å²) in [6.07, 6.45) is -2.45. The van der Waals surface area contributed by atoms with Crippen LogP contribution in [-0.4, -0.2) is 88.6 Å². The fourth-order valence-electron chi connectivity index (χ4n) is 5.10. The molecule has 3 atom stereocenters. The van der Waals surface area contributed by atoms with Crippen LogP contribution in [0.1, 0.15) is 24.9 Å². The molecule has 5 rings (SSSR count). The normalized spacial score (nSPS) is 17.6. The lowest BCUT2D eigenvalue weighted by Crippen LogP contribution is -2.39. The molecule has 1 unspecified atom stereocenters. The first-order valence-corrected chi connectivity index (χ1v) is 12.5. The maximum Gasteiger partial charge on any atom is 0.408 e. The van der Waals surface area contributed by atoms with Crippen LogP contribution in [0.2, 0.25) is 0 Å². The number of hydrogen-bond donors (Lipinski definition) is 0. The molecule has 218 valence electrons. The van der Waals surface area contributed by atoms with Gasteiger partial charge in [-0.1, -0.05) is 24.3 Å². The number of likely N-dealkylation sites (N-methyl/N-ethyl adjacent to an activating group) is 1. The maximum atomic E-state index is 14.4. The van der Waals surface area contributed by atoms with E-state index >= 15 is 0 Å². The largest absolute Gasteiger partial charge is 0.486 e. The molecule has 0 bridgehead atoms. The number of ether oxygens (including phenoxy) is 2. The van der Waals surface area contributed by atoms with Crippen LogP contribution in [0.15, 0.2) is 48.7 Å². The molecule has 0 amide bonds. The molecule has 4 aromatic rings. The number of alkyl halides is 3. The van der Waals surface area contributed by atoms with Gasteiger partial charge in [0, 0.05) is 37.8 Å². The van der Waals surface area contributed by atoms with Gasteiger partial charge in [0.25, 0.3) is 0 Å². The van der Waals surface area contributed by atoms with E-state index in [4.69, 9.17) is 14.5 Å². The second-order valence-electron chi connectivity index (χ2n) is 9.97. The molecule has 1 aliphatic heterocycles. The first-order chi connectivity index (χ1) is 18.2. The van der Waals surface area contributed by atoms with E-state index in [0.29, 0.717) is 54.5 Å². The lowest BCUT2D eigenvalue weighted by molar-refractivity contribution is -0.184. The Morgan fingerprint density at radius 1 is 1.07 bits per heavy atom. The number of halogens is 5. The highest BCUT2D eigenvalue weighted by molar-refractivity contribution is 5.86. The quantitative estimate of drug-likeness (QED) is 0.267. The molecule has 1 fully saturated rings. The van der Waals surface area contributed by atoms with Crippen molar-refractivity contribution < 1.29 is 22.6 Å². The van der Waals surface area contributed by atoms with Gasteiger partial charge in [-0.15, -0.1) is 35.0 Å². The molecular formula is C27H33Cl2F3N6O2. The molecular weight excluding hydrogens is 568 g/mol. The molecule has 0 aliphatic carbocycles. The average Bonchev–Trinajstić information content (AvgIpc) is 3.51. The predicted octanol–water partition coefficient (Wildman–Crippen LogP) is 5.44. The number of nitrogens with zero attached hydrogens (tertiary/aromatic N) is 6. The minimum absolute atomic E-state index is 0. The van der Waals surface area contributed by atoms with Crippen molar-refractivity contribution in [2.45, 2.75) is 37.7 Å². The van der Waals surface area contributed by atoms with Crippen LogP contribution in [0.25, 0.3) is 28.1 Å². The number of fused-ring (bicyclic) bond motifs is 2. The van der Waals surface area contributed by atoms with Gasteiger partial charge in [-0.25, -0.2) is 4.98 Å². The van der Waals surface area contributed by atoms with E-state index in [2.05, 4.69) is 10.2 Å². The second kappa shape index (κ2) is 12.9. The van der Waals surface area contributed by atoms with E-state index < -0.39 is 12.2 Å². The van der Waals surface area contributed by atoms with E-state index in [9.17, 15) is 13.2 Å². The van der Waals surface area contributed by atoms with Crippen molar-refractivity contribution in [1.82, 2.24) is 29.4 Å². The van der Waals surface area contributed by atoms with Crippen LogP contribution < -0.4 is 4.74 Å². The summed E-state index contributed by atoms with van der Waals surface area (Å²) in [5.41, 5.74) is 1.69. The Labute approximate surface area is 243 Å². The standard InChI is InChI=1S/C27H31F3N6O2.2ClH/c1-17(16-37-4)38-22-7-5-6-18-8-10-21(31-24(18)22)26-33-32-23-11-9-19(14-36(23)26)25(27(28,29)30)35-13-12-20(15-35)34(2)3;;/h5-11,14,17,20,25H,12-13,15-16H2,1-4H3;2*1H/t17-,20?,25-;;/m1../s1. The molecule has 40 heavy (non-hydrogen) atoms. The molecule has 0 radical (unpaired) electrons. The fraction of sp³-hybridized carbons (Fsp3) is 0.444. The van der Waals surface area contributed by atoms with Crippen LogP contribution in [0.3, 0.4) is 0 Å². The zero-order valence-corrected chi connectivity index (χ0v) is 24.3. The Balaban J connectivity index is 0.00000220. The third-order valence-electron chi connectivity index (χ3n) is 6.98. The number of benzene rings is 1. The van der Waals surface area contributed by atoms with Crippen LogP contribution in [0, 0.1) is 0 Å². The Hall–Kier alpha value is -2.70. The van der Waals surface area contributed by atoms with Crippen molar-refractivity contribution in [3.8, 4) is 17.3 Å². The van der Waals surface area contributed by atoms with E-state index in [1.807, 2.05) is 50.2 Å². The topological polar surface area (TPSA) is 68.0 Å². The zero-order valence-electron chi connectivity index (χ0n) is 22.6. The molecule has 1 aromatic carbocycles. The van der Waals surface area contributed by atoms with Gasteiger partial charge < -0.3 is 14.4 Å². The molecule has 3 aromatic heterocycles. The Morgan fingerprint density at radius 3 is 2.52 bits per heavy atom. The average molecular weight is 602 g/mol. The maximum absolute atomic E-state index is 14.4. The molecule has 0 N–H and O–H groups in total. The van der Waals surface area contributed by atoms with E-state index in [1.54, 1.807) is 23.6 Å². The molecule has 13 heteroatoms. The summed E-state index contributed by atoms with van der Waals surface area (Å²) in [5, 5.41) is 9.33. The van der Waals surface area contributed by atoms with Gasteiger partial charge in [-0.2, -0.15) is 13.2 Å². The lowest BCUT2D eigenvalue weighted by atomic mass is 10.1. The minimum Gasteiger partial charge on any atom is -0.486 e. The van der Waals surface area contributed by atoms with Gasteiger partial charge in [0.15, 0.2) is 11.5 Å². The van der Waals surface area contributed by atoms with Gasteiger partial charge >= 0.3 is 6.18 Å². The van der Waals surface area contributed by atoms with Gasteiger partial charge in [0.1, 0.15) is 29.1 Å². The van der Waals surface area contributed by atoms with Crippen molar-refractivity contribution in [1.29, 1.82) is 0 Å². The summed E-state index contributed by atoms with van der Waals surface area (Å²) >= 11 is 0. The third-order valence-corrected chi connectivity index (χ3v) is 6.98. The van der Waals surface area contributed by atoms with Gasteiger partial charge in [0.2, 0.25) is 0 Å². The molecule has 0 spiro atoms. The summed E-state index contributed by atoms with van der Waals surface area (Å²) in [6, 6.07) is 10.7. The van der Waals surface area contributed by atoms with Crippen molar-refractivity contribution in [2.75, 3.05) is 40.9 Å². The van der Waals surface area contributed by atoms with Crippen molar-refractivity contribution in [2.24, 2.45) is 0 Å². The number of rotatable bonds is 8. The monoisotopic (exact) mass is 600 g/mol. The number of likely N-dealkylation sites (tertiary alicyclic amines) is 1. The van der Waals surface area contributed by atoms with Crippen molar-refractivity contribution in [3.05, 3.63) is 54.2 Å². The Morgan fingerprint density at radius 2 is 1.85 bits per heavy atom. The second-order valence-corrected chi connectivity index (χ2v) is 9.97. The highest BCUT2D eigenvalue weighted by atomic mass is 35.5. The summed E-state index contributed by atoms with van der Waals surface area (Å²) in [7, 11) is 5.41. The molecule has 8 nitrogen and oxygen atoms in total. The van der Waals surface area contributed by atoms with Crippen molar-refractivity contribution in [3.63, 3.8) is 0 Å². The van der Waals surface area contributed by atoms with Crippen LogP contribution >= 0.6 is 24.8 Å². The Kier molecular flexibility index (Phi) is 10.2. The van der Waals surface area contributed by atoms with E-state index in [1.165, 1.54) is 17.2 Å². The summed E-state index contributed by atoms with van der Waals surface area (Å²) in [4.78, 5) is 8.27. The number of para-hydroxylation sites is 1. The van der Waals surface area contributed by atoms with E-state index in [0.717, 1.165) is 5.39 Å². The Bertz CT molecular complexity index is 1430. The van der Waals surface area contributed by atoms with E-state index in [-0.39, 0.29) is 42.5 Å². The summed E-state index contributed by atoms with van der Waals surface area (Å²) in [5.74, 6) is 0.946. The zero-order chi connectivity index (χ0) is 27.0. The third kappa shape index (κ3) is 6.44. The first kappa shape index (κ1) is 31.8. The van der Waals surface area contributed by atoms with Crippen LogP contribution in [0.4, 0.5) is 13.2 Å². The summed E-state index contributed by atoms with van der Waals surface area (Å²) < 4.78 is 55.9. The highest BCUT2D eigenvalue weighted by Crippen LogP contribution is 2.40. The first-order valence-electron chi connectivity index (χ1n) is 12.5. The summed E-state index contributed by atoms with van der Waals surface area (Å²) in [6.45, 7) is 3.04. The number of methoxy groups -OCH3 is 1. The molecule has 0 saturated carbocycles. The predicted molar refractivity (Wildman–Crippen MR) is 153 cm³/mol. The number of pyridine rings is 2. The van der Waals surface area contributed by atoms with Gasteiger partial charge in [-0.05, 0) is 51.2 Å². The molecule has 1 aliphatic rings.